The number of H-pyrrole nitrogens is 1. The zero-order valence-corrected chi connectivity index (χ0v) is 8.77. The van der Waals surface area contributed by atoms with E-state index in [1.807, 2.05) is 18.3 Å². The van der Waals surface area contributed by atoms with Crippen molar-refractivity contribution in [1.82, 2.24) is 9.97 Å². The van der Waals surface area contributed by atoms with Gasteiger partial charge in [-0.05, 0) is 0 Å². The molecule has 0 saturated carbocycles. The van der Waals surface area contributed by atoms with Crippen LogP contribution in [0.1, 0.15) is 16.8 Å². The number of imidazole rings is 1. The van der Waals surface area contributed by atoms with Crippen molar-refractivity contribution in [2.75, 3.05) is 6.79 Å². The van der Waals surface area contributed by atoms with Gasteiger partial charge in [0.2, 0.25) is 0 Å². The van der Waals surface area contributed by atoms with E-state index in [1.54, 1.807) is 6.33 Å². The normalized spacial score (nSPS) is 14.2. The van der Waals surface area contributed by atoms with Crippen LogP contribution in [-0.4, -0.2) is 16.8 Å². The molecule has 16 heavy (non-hydrogen) atoms. The van der Waals surface area contributed by atoms with Crippen molar-refractivity contribution >= 4 is 0 Å². The maximum Gasteiger partial charge on any atom is 0.189 e. The number of fused-ring (bicyclic) bond motifs is 1. The molecule has 4 heteroatoms. The van der Waals surface area contributed by atoms with E-state index in [0.717, 1.165) is 29.0 Å². The van der Waals surface area contributed by atoms with Gasteiger partial charge in [0.15, 0.2) is 6.79 Å². The predicted octanol–water partition coefficient (Wildman–Crippen LogP) is 1.87. The zero-order chi connectivity index (χ0) is 10.8. The molecule has 1 aromatic heterocycles. The summed E-state index contributed by atoms with van der Waals surface area (Å²) < 4.78 is 10.8. The Morgan fingerprint density at radius 1 is 1.38 bits per heavy atom. The van der Waals surface area contributed by atoms with Crippen LogP contribution in [-0.2, 0) is 17.8 Å². The van der Waals surface area contributed by atoms with Gasteiger partial charge >= 0.3 is 0 Å². The Bertz CT molecular complexity index is 480. The topological polar surface area (TPSA) is 47.1 Å². The van der Waals surface area contributed by atoms with Crippen molar-refractivity contribution < 1.29 is 9.47 Å². The lowest BCUT2D eigenvalue weighted by Gasteiger charge is -2.20. The Morgan fingerprint density at radius 2 is 2.38 bits per heavy atom. The molecule has 3 rings (SSSR count). The van der Waals surface area contributed by atoms with Gasteiger partial charge in [-0.3, -0.25) is 0 Å². The fourth-order valence-electron chi connectivity index (χ4n) is 1.91. The first kappa shape index (κ1) is 9.42. The number of nitrogens with zero attached hydrogens (tertiary/aromatic N) is 1. The second kappa shape index (κ2) is 3.98. The molecular formula is C12H12N2O2. The molecule has 0 amide bonds. The first-order valence-corrected chi connectivity index (χ1v) is 5.22. The van der Waals surface area contributed by atoms with Crippen molar-refractivity contribution in [3.05, 3.63) is 47.5 Å². The third-order valence-electron chi connectivity index (χ3n) is 2.65. The highest BCUT2D eigenvalue weighted by Gasteiger charge is 2.14. The fourth-order valence-corrected chi connectivity index (χ4v) is 1.91. The molecule has 0 bridgehead atoms. The summed E-state index contributed by atoms with van der Waals surface area (Å²) >= 11 is 0. The maximum absolute atomic E-state index is 5.54. The highest BCUT2D eigenvalue weighted by molar-refractivity contribution is 5.43. The number of rotatable bonds is 2. The molecular weight excluding hydrogens is 204 g/mol. The van der Waals surface area contributed by atoms with Gasteiger partial charge < -0.3 is 14.5 Å². The summed E-state index contributed by atoms with van der Waals surface area (Å²) in [5.41, 5.74) is 3.29. The Morgan fingerprint density at radius 3 is 3.25 bits per heavy atom. The van der Waals surface area contributed by atoms with E-state index in [-0.39, 0.29) is 0 Å². The number of aromatic amines is 1. The summed E-state index contributed by atoms with van der Waals surface area (Å²) in [6.45, 7) is 0.967. The van der Waals surface area contributed by atoms with Crippen LogP contribution in [0.4, 0.5) is 0 Å². The van der Waals surface area contributed by atoms with Crippen LogP contribution in [0.5, 0.6) is 5.75 Å². The molecule has 1 aliphatic rings. The lowest BCUT2D eigenvalue weighted by atomic mass is 10.0. The van der Waals surface area contributed by atoms with E-state index in [9.17, 15) is 0 Å². The minimum Gasteiger partial charge on any atom is -0.467 e. The quantitative estimate of drug-likeness (QED) is 0.833. The van der Waals surface area contributed by atoms with E-state index in [1.165, 1.54) is 0 Å². The maximum atomic E-state index is 5.54. The molecule has 4 nitrogen and oxygen atoms in total. The molecule has 2 heterocycles. The third-order valence-corrected chi connectivity index (χ3v) is 2.65. The molecule has 0 radical (unpaired) electrons. The smallest absolute Gasteiger partial charge is 0.189 e. The van der Waals surface area contributed by atoms with Gasteiger partial charge in [0.05, 0.1) is 18.6 Å². The van der Waals surface area contributed by atoms with Crippen molar-refractivity contribution in [1.29, 1.82) is 0 Å². The highest BCUT2D eigenvalue weighted by atomic mass is 16.7. The zero-order valence-electron chi connectivity index (χ0n) is 8.77. The van der Waals surface area contributed by atoms with Gasteiger partial charge in [0.25, 0.3) is 0 Å². The summed E-state index contributed by atoms with van der Waals surface area (Å²) in [5.74, 6) is 0.955. The van der Waals surface area contributed by atoms with Crippen LogP contribution in [0.2, 0.25) is 0 Å². The van der Waals surface area contributed by atoms with Gasteiger partial charge in [-0.2, -0.15) is 0 Å². The summed E-state index contributed by atoms with van der Waals surface area (Å²) in [7, 11) is 0. The van der Waals surface area contributed by atoms with Gasteiger partial charge in [0, 0.05) is 23.7 Å². The van der Waals surface area contributed by atoms with Crippen molar-refractivity contribution in [2.24, 2.45) is 0 Å². The molecule has 0 spiro atoms. The van der Waals surface area contributed by atoms with E-state index in [2.05, 4.69) is 16.0 Å². The Labute approximate surface area is 93.2 Å². The lowest BCUT2D eigenvalue weighted by molar-refractivity contribution is -0.0169. The van der Waals surface area contributed by atoms with E-state index in [4.69, 9.17) is 9.47 Å². The average molecular weight is 216 g/mol. The number of nitrogens with one attached hydrogen (secondary N) is 1. The number of para-hydroxylation sites is 1. The van der Waals surface area contributed by atoms with Crippen molar-refractivity contribution in [2.45, 2.75) is 13.0 Å². The average Bonchev–Trinajstić information content (AvgIpc) is 2.82. The Hall–Kier alpha value is -1.81. The van der Waals surface area contributed by atoms with Crippen LogP contribution in [0.3, 0.4) is 0 Å². The standard InChI is InChI=1S/C12H12N2O2/c1-2-9(4-11-5-13-7-14-11)12-10(3-1)6-15-8-16-12/h1-3,5,7H,4,6,8H2,(H,13,14). The van der Waals surface area contributed by atoms with Gasteiger partial charge in [0.1, 0.15) is 5.75 Å². The fraction of sp³-hybridized carbons (Fsp3) is 0.250. The molecule has 0 fully saturated rings. The molecule has 0 atom stereocenters. The van der Waals surface area contributed by atoms with Crippen molar-refractivity contribution in [3.8, 4) is 5.75 Å². The minimum absolute atomic E-state index is 0.338. The van der Waals surface area contributed by atoms with Crippen LogP contribution in [0, 0.1) is 0 Å². The van der Waals surface area contributed by atoms with Gasteiger partial charge in [-0.15, -0.1) is 0 Å². The molecule has 0 unspecified atom stereocenters. The number of hydrogen-bond acceptors (Lipinski definition) is 3. The van der Waals surface area contributed by atoms with Crippen molar-refractivity contribution in [3.63, 3.8) is 0 Å². The van der Waals surface area contributed by atoms with E-state index < -0.39 is 0 Å². The number of benzene rings is 1. The van der Waals surface area contributed by atoms with Crippen LogP contribution in [0.15, 0.2) is 30.7 Å². The summed E-state index contributed by atoms with van der Waals surface area (Å²) in [6.07, 6.45) is 4.38. The predicted molar refractivity (Wildman–Crippen MR) is 58.1 cm³/mol. The van der Waals surface area contributed by atoms with Gasteiger partial charge in [-0.25, -0.2) is 4.98 Å². The summed E-state index contributed by atoms with van der Waals surface area (Å²) in [6, 6.07) is 6.13. The molecule has 0 saturated heterocycles. The number of aromatic nitrogens is 2. The second-order valence-corrected chi connectivity index (χ2v) is 3.75. The first-order chi connectivity index (χ1) is 7.93. The number of hydrogen-bond donors (Lipinski definition) is 1. The van der Waals surface area contributed by atoms with E-state index >= 15 is 0 Å². The van der Waals surface area contributed by atoms with Crippen LogP contribution in [0.25, 0.3) is 0 Å². The largest absolute Gasteiger partial charge is 0.467 e. The summed E-state index contributed by atoms with van der Waals surface area (Å²) in [4.78, 5) is 7.17. The second-order valence-electron chi connectivity index (χ2n) is 3.75. The monoisotopic (exact) mass is 216 g/mol. The molecule has 1 aliphatic heterocycles. The summed E-state index contributed by atoms with van der Waals surface area (Å²) in [5, 5.41) is 0. The molecule has 2 aromatic rings. The SMILES string of the molecule is c1cc2c(c(Cc3c[nH]cn3)c1)OCOC2. The van der Waals surface area contributed by atoms with Crippen LogP contribution >= 0.6 is 0 Å². The Balaban J connectivity index is 1.94. The molecule has 1 N–H and O–H groups in total. The van der Waals surface area contributed by atoms with Gasteiger partial charge in [-0.1, -0.05) is 18.2 Å². The molecule has 1 aromatic carbocycles. The van der Waals surface area contributed by atoms with Crippen LogP contribution < -0.4 is 4.74 Å². The molecule has 82 valence electrons. The Kier molecular flexibility index (Phi) is 2.34. The minimum atomic E-state index is 0.338. The lowest BCUT2D eigenvalue weighted by Crippen LogP contribution is -2.13. The van der Waals surface area contributed by atoms with E-state index in [0.29, 0.717) is 13.4 Å². The highest BCUT2D eigenvalue weighted by Crippen LogP contribution is 2.29. The molecule has 0 aliphatic carbocycles. The third kappa shape index (κ3) is 1.67. The number of ether oxygens (including phenoxy) is 2. The first-order valence-electron chi connectivity index (χ1n) is 5.22.